The number of halogens is 2. The van der Waals surface area contributed by atoms with Crippen LogP contribution in [0.4, 0.5) is 8.78 Å². The molecule has 0 aliphatic carbocycles. The summed E-state index contributed by atoms with van der Waals surface area (Å²) >= 11 is 0. The lowest BCUT2D eigenvalue weighted by Crippen LogP contribution is -2.03. The van der Waals surface area contributed by atoms with Crippen LogP contribution in [0.15, 0.2) is 24.4 Å². The van der Waals surface area contributed by atoms with Crippen molar-refractivity contribution in [2.45, 2.75) is 6.61 Å². The van der Waals surface area contributed by atoms with Gasteiger partial charge in [-0.3, -0.25) is 10.1 Å². The van der Waals surface area contributed by atoms with E-state index in [4.69, 9.17) is 4.74 Å². The number of alkyl halides is 2. The summed E-state index contributed by atoms with van der Waals surface area (Å²) in [6.07, 6.45) is 1.87. The highest BCUT2D eigenvalue weighted by atomic mass is 19.3. The number of ether oxygens (including phenoxy) is 2. The zero-order valence-corrected chi connectivity index (χ0v) is 8.80. The molecule has 0 saturated heterocycles. The molecule has 0 atom stereocenters. The third-order valence-electron chi connectivity index (χ3n) is 1.79. The Kier molecular flexibility index (Phi) is 4.38. The molecule has 0 N–H and O–H groups in total. The number of benzene rings is 1. The second-order valence-corrected chi connectivity index (χ2v) is 2.89. The van der Waals surface area contributed by atoms with Gasteiger partial charge in [0.25, 0.3) is 0 Å². The summed E-state index contributed by atoms with van der Waals surface area (Å²) in [5.41, 5.74) is 0.359. The van der Waals surface area contributed by atoms with Crippen LogP contribution in [0.2, 0.25) is 0 Å². The third-order valence-corrected chi connectivity index (χ3v) is 1.79. The molecule has 0 bridgehead atoms. The van der Waals surface area contributed by atoms with Gasteiger partial charge in [0.1, 0.15) is 0 Å². The minimum absolute atomic E-state index is 0.128. The maximum absolute atomic E-state index is 12.1. The quantitative estimate of drug-likeness (QED) is 0.590. The Balaban J connectivity index is 2.99. The van der Waals surface area contributed by atoms with Crippen LogP contribution in [-0.4, -0.2) is 18.6 Å². The fourth-order valence-corrected chi connectivity index (χ4v) is 1.13. The van der Waals surface area contributed by atoms with Crippen LogP contribution >= 0.6 is 0 Å². The van der Waals surface area contributed by atoms with E-state index in [1.165, 1.54) is 25.3 Å². The third kappa shape index (κ3) is 4.06. The Morgan fingerprint density at radius 3 is 2.65 bits per heavy atom. The van der Waals surface area contributed by atoms with Crippen molar-refractivity contribution in [1.29, 1.82) is 0 Å². The Labute approximate surface area is 95.4 Å². The van der Waals surface area contributed by atoms with E-state index in [0.29, 0.717) is 11.8 Å². The summed E-state index contributed by atoms with van der Waals surface area (Å²) in [4.78, 5) is 9.45. The zero-order valence-electron chi connectivity index (χ0n) is 8.80. The first-order valence-electron chi connectivity index (χ1n) is 4.47. The minimum atomic E-state index is -2.99. The molecule has 0 unspecified atom stereocenters. The van der Waals surface area contributed by atoms with Gasteiger partial charge in [0.2, 0.25) is 6.20 Å². The predicted octanol–water partition coefficient (Wildman–Crippen LogP) is 2.54. The number of rotatable bonds is 5. The lowest BCUT2D eigenvalue weighted by Gasteiger charge is -2.09. The van der Waals surface area contributed by atoms with Gasteiger partial charge in [-0.05, 0) is 17.7 Å². The fourth-order valence-electron chi connectivity index (χ4n) is 1.13. The molecule has 5 nitrogen and oxygen atoms in total. The summed E-state index contributed by atoms with van der Waals surface area (Å²) in [5.74, 6) is -0.0449. The smallest absolute Gasteiger partial charge is 0.387 e. The fraction of sp³-hybridized carbons (Fsp3) is 0.200. The van der Waals surface area contributed by atoms with E-state index < -0.39 is 11.5 Å². The van der Waals surface area contributed by atoms with Gasteiger partial charge in [-0.25, -0.2) is 0 Å². The SMILES string of the molecule is COc1ccc(C=C[N+](=O)[O-])cc1OC(F)F. The molecule has 1 rings (SSSR count). The van der Waals surface area contributed by atoms with Crippen molar-refractivity contribution in [1.82, 2.24) is 0 Å². The highest BCUT2D eigenvalue weighted by Gasteiger charge is 2.10. The van der Waals surface area contributed by atoms with Gasteiger partial charge >= 0.3 is 6.61 Å². The Hall–Kier alpha value is -2.18. The zero-order chi connectivity index (χ0) is 12.8. The van der Waals surface area contributed by atoms with Gasteiger partial charge in [0.15, 0.2) is 11.5 Å². The molecule has 1 aromatic rings. The first-order chi connectivity index (χ1) is 8.02. The van der Waals surface area contributed by atoms with Crippen molar-refractivity contribution in [3.63, 3.8) is 0 Å². The monoisotopic (exact) mass is 245 g/mol. The van der Waals surface area contributed by atoms with E-state index >= 15 is 0 Å². The van der Waals surface area contributed by atoms with Crippen molar-refractivity contribution < 1.29 is 23.2 Å². The molecule has 0 radical (unpaired) electrons. The molecule has 0 aliphatic heterocycles. The molecule has 0 saturated carbocycles. The highest BCUT2D eigenvalue weighted by Crippen LogP contribution is 2.29. The van der Waals surface area contributed by atoms with Crippen LogP contribution in [0.5, 0.6) is 11.5 Å². The van der Waals surface area contributed by atoms with Crippen LogP contribution in [0.25, 0.3) is 6.08 Å². The van der Waals surface area contributed by atoms with E-state index in [1.807, 2.05) is 0 Å². The van der Waals surface area contributed by atoms with Gasteiger partial charge < -0.3 is 9.47 Å². The number of methoxy groups -OCH3 is 1. The number of hydrogen-bond donors (Lipinski definition) is 0. The number of nitro groups is 1. The summed E-state index contributed by atoms with van der Waals surface area (Å²) < 4.78 is 33.2. The van der Waals surface area contributed by atoms with Gasteiger partial charge in [-0.2, -0.15) is 8.78 Å². The Morgan fingerprint density at radius 2 is 2.12 bits per heavy atom. The Bertz CT molecular complexity index is 434. The average molecular weight is 245 g/mol. The van der Waals surface area contributed by atoms with Crippen LogP contribution in [0.1, 0.15) is 5.56 Å². The van der Waals surface area contributed by atoms with Crippen LogP contribution in [-0.2, 0) is 0 Å². The maximum Gasteiger partial charge on any atom is 0.387 e. The second kappa shape index (κ2) is 5.78. The van der Waals surface area contributed by atoms with Crippen LogP contribution < -0.4 is 9.47 Å². The van der Waals surface area contributed by atoms with Crippen molar-refractivity contribution in [2.75, 3.05) is 7.11 Å². The normalized spacial score (nSPS) is 10.8. The molecule has 0 spiro atoms. The van der Waals surface area contributed by atoms with E-state index in [0.717, 1.165) is 6.08 Å². The predicted molar refractivity (Wildman–Crippen MR) is 55.7 cm³/mol. The van der Waals surface area contributed by atoms with Gasteiger partial charge in [0.05, 0.1) is 12.0 Å². The minimum Gasteiger partial charge on any atom is -0.493 e. The van der Waals surface area contributed by atoms with Crippen LogP contribution in [0, 0.1) is 10.1 Å². The first kappa shape index (κ1) is 12.9. The highest BCUT2D eigenvalue weighted by molar-refractivity contribution is 5.55. The van der Waals surface area contributed by atoms with Crippen molar-refractivity contribution in [3.8, 4) is 11.5 Å². The van der Waals surface area contributed by atoms with Gasteiger partial charge in [-0.15, -0.1) is 0 Å². The molecule has 0 heterocycles. The van der Waals surface area contributed by atoms with E-state index in [2.05, 4.69) is 4.74 Å². The summed E-state index contributed by atoms with van der Waals surface area (Å²) in [6, 6.07) is 4.10. The van der Waals surface area contributed by atoms with Crippen molar-refractivity contribution in [3.05, 3.63) is 40.1 Å². The Morgan fingerprint density at radius 1 is 1.41 bits per heavy atom. The van der Waals surface area contributed by atoms with Crippen molar-refractivity contribution >= 4 is 6.08 Å². The van der Waals surface area contributed by atoms with E-state index in [-0.39, 0.29) is 11.5 Å². The summed E-state index contributed by atoms with van der Waals surface area (Å²) in [5, 5.41) is 10.1. The summed E-state index contributed by atoms with van der Waals surface area (Å²) in [6.45, 7) is -2.99. The molecule has 92 valence electrons. The largest absolute Gasteiger partial charge is 0.493 e. The molecular formula is C10H9F2NO4. The molecule has 0 aliphatic rings. The van der Waals surface area contributed by atoms with E-state index in [1.54, 1.807) is 0 Å². The lowest BCUT2D eigenvalue weighted by molar-refractivity contribution is -0.400. The lowest BCUT2D eigenvalue weighted by atomic mass is 10.2. The topological polar surface area (TPSA) is 61.6 Å². The summed E-state index contributed by atoms with van der Waals surface area (Å²) in [7, 11) is 1.31. The van der Waals surface area contributed by atoms with Gasteiger partial charge in [-0.1, -0.05) is 6.07 Å². The molecular weight excluding hydrogens is 236 g/mol. The molecule has 0 aromatic heterocycles. The van der Waals surface area contributed by atoms with Crippen molar-refractivity contribution in [2.24, 2.45) is 0 Å². The number of nitrogens with zero attached hydrogens (tertiary/aromatic N) is 1. The maximum atomic E-state index is 12.1. The molecule has 7 heteroatoms. The molecule has 0 fully saturated rings. The van der Waals surface area contributed by atoms with Gasteiger partial charge in [0, 0.05) is 6.08 Å². The van der Waals surface area contributed by atoms with Crippen LogP contribution in [0.3, 0.4) is 0 Å². The second-order valence-electron chi connectivity index (χ2n) is 2.89. The van der Waals surface area contributed by atoms with E-state index in [9.17, 15) is 18.9 Å². The average Bonchev–Trinajstić information content (AvgIpc) is 2.25. The number of hydrogen-bond acceptors (Lipinski definition) is 4. The standard InChI is InChI=1S/C10H9F2NO4/c1-16-8-3-2-7(4-5-13(14)15)6-9(8)17-10(11)12/h2-6,10H,1H3. The first-order valence-corrected chi connectivity index (χ1v) is 4.47. The molecule has 1 aromatic carbocycles. The molecule has 0 amide bonds. The molecule has 17 heavy (non-hydrogen) atoms.